The summed E-state index contributed by atoms with van der Waals surface area (Å²) in [6.45, 7) is 4.08. The van der Waals surface area contributed by atoms with Crippen molar-refractivity contribution in [1.82, 2.24) is 0 Å². The molecule has 0 amide bonds. The van der Waals surface area contributed by atoms with E-state index in [-0.39, 0.29) is 12.1 Å². The SMILES string of the molecule is CC(C)Oc1cccc(C2=CC(N)CC2)c1. The van der Waals surface area contributed by atoms with Gasteiger partial charge in [-0.1, -0.05) is 18.2 Å². The number of hydrogen-bond acceptors (Lipinski definition) is 2. The average molecular weight is 217 g/mol. The van der Waals surface area contributed by atoms with Crippen molar-refractivity contribution < 1.29 is 4.74 Å². The van der Waals surface area contributed by atoms with E-state index >= 15 is 0 Å². The Labute approximate surface area is 97.1 Å². The summed E-state index contributed by atoms with van der Waals surface area (Å²) in [4.78, 5) is 0. The first-order chi connectivity index (χ1) is 7.65. The highest BCUT2D eigenvalue weighted by molar-refractivity contribution is 5.69. The Morgan fingerprint density at radius 3 is 2.81 bits per heavy atom. The quantitative estimate of drug-likeness (QED) is 0.844. The summed E-state index contributed by atoms with van der Waals surface area (Å²) in [6.07, 6.45) is 4.51. The third-order valence-corrected chi connectivity index (χ3v) is 2.74. The van der Waals surface area contributed by atoms with Crippen molar-refractivity contribution in [2.45, 2.75) is 38.8 Å². The maximum absolute atomic E-state index is 5.87. The van der Waals surface area contributed by atoms with Gasteiger partial charge in [0.2, 0.25) is 0 Å². The summed E-state index contributed by atoms with van der Waals surface area (Å²) in [5.41, 5.74) is 8.46. The Balaban J connectivity index is 2.19. The molecule has 1 unspecified atom stereocenters. The van der Waals surface area contributed by atoms with Crippen LogP contribution in [-0.2, 0) is 0 Å². The summed E-state index contributed by atoms with van der Waals surface area (Å²) >= 11 is 0. The Kier molecular flexibility index (Phi) is 3.30. The smallest absolute Gasteiger partial charge is 0.120 e. The van der Waals surface area contributed by atoms with E-state index in [9.17, 15) is 0 Å². The van der Waals surface area contributed by atoms with Crippen LogP contribution in [0.4, 0.5) is 0 Å². The van der Waals surface area contributed by atoms with E-state index in [1.165, 1.54) is 11.1 Å². The number of benzene rings is 1. The van der Waals surface area contributed by atoms with E-state index in [0.29, 0.717) is 0 Å². The normalized spacial score (nSPS) is 20.0. The maximum Gasteiger partial charge on any atom is 0.120 e. The lowest BCUT2D eigenvalue weighted by molar-refractivity contribution is 0.242. The molecular formula is C14H19NO. The fourth-order valence-electron chi connectivity index (χ4n) is 2.03. The molecule has 0 fully saturated rings. The third kappa shape index (κ3) is 2.64. The molecule has 2 N–H and O–H groups in total. The molecule has 1 atom stereocenters. The van der Waals surface area contributed by atoms with Crippen molar-refractivity contribution >= 4 is 5.57 Å². The first-order valence-corrected chi connectivity index (χ1v) is 5.88. The van der Waals surface area contributed by atoms with E-state index in [1.807, 2.05) is 26.0 Å². The topological polar surface area (TPSA) is 35.2 Å². The van der Waals surface area contributed by atoms with Gasteiger partial charge in [0.1, 0.15) is 5.75 Å². The summed E-state index contributed by atoms with van der Waals surface area (Å²) in [5, 5.41) is 0. The molecule has 2 rings (SSSR count). The molecule has 0 saturated heterocycles. The van der Waals surface area contributed by atoms with E-state index in [1.54, 1.807) is 0 Å². The minimum absolute atomic E-state index is 0.218. The predicted molar refractivity (Wildman–Crippen MR) is 67.4 cm³/mol. The lowest BCUT2D eigenvalue weighted by Crippen LogP contribution is -2.11. The van der Waals surface area contributed by atoms with Gasteiger partial charge >= 0.3 is 0 Å². The van der Waals surface area contributed by atoms with Crippen molar-refractivity contribution in [1.29, 1.82) is 0 Å². The van der Waals surface area contributed by atoms with Gasteiger partial charge in [0.05, 0.1) is 6.10 Å². The molecule has 1 aliphatic carbocycles. The monoisotopic (exact) mass is 217 g/mol. The van der Waals surface area contributed by atoms with E-state index < -0.39 is 0 Å². The number of allylic oxidation sites excluding steroid dienone is 1. The van der Waals surface area contributed by atoms with Gasteiger partial charge < -0.3 is 10.5 Å². The minimum atomic E-state index is 0.218. The van der Waals surface area contributed by atoms with Crippen molar-refractivity contribution in [3.05, 3.63) is 35.9 Å². The van der Waals surface area contributed by atoms with Gasteiger partial charge in [0.25, 0.3) is 0 Å². The molecule has 0 spiro atoms. The average Bonchev–Trinajstić information content (AvgIpc) is 2.64. The van der Waals surface area contributed by atoms with Crippen LogP contribution in [0.25, 0.3) is 5.57 Å². The zero-order chi connectivity index (χ0) is 11.5. The van der Waals surface area contributed by atoms with Crippen LogP contribution in [0.15, 0.2) is 30.3 Å². The van der Waals surface area contributed by atoms with Gasteiger partial charge in [0.15, 0.2) is 0 Å². The molecule has 0 heterocycles. The number of nitrogens with two attached hydrogens (primary N) is 1. The molecule has 0 radical (unpaired) electrons. The maximum atomic E-state index is 5.87. The Morgan fingerprint density at radius 2 is 2.19 bits per heavy atom. The third-order valence-electron chi connectivity index (χ3n) is 2.74. The number of rotatable bonds is 3. The van der Waals surface area contributed by atoms with Gasteiger partial charge in [0, 0.05) is 6.04 Å². The van der Waals surface area contributed by atoms with E-state index in [4.69, 9.17) is 10.5 Å². The molecule has 0 bridgehead atoms. The predicted octanol–water partition coefficient (Wildman–Crippen LogP) is 2.98. The van der Waals surface area contributed by atoms with Crippen molar-refractivity contribution in [2.24, 2.45) is 5.73 Å². The second-order valence-electron chi connectivity index (χ2n) is 4.59. The summed E-state index contributed by atoms with van der Waals surface area (Å²) < 4.78 is 5.68. The largest absolute Gasteiger partial charge is 0.491 e. The lowest BCUT2D eigenvalue weighted by atomic mass is 10.1. The van der Waals surface area contributed by atoms with Crippen molar-refractivity contribution in [3.63, 3.8) is 0 Å². The Bertz CT molecular complexity index is 395. The van der Waals surface area contributed by atoms with Crippen LogP contribution in [0.1, 0.15) is 32.3 Å². The second-order valence-corrected chi connectivity index (χ2v) is 4.59. The first-order valence-electron chi connectivity index (χ1n) is 5.88. The summed E-state index contributed by atoms with van der Waals surface area (Å²) in [7, 11) is 0. The molecule has 1 aromatic carbocycles. The molecular weight excluding hydrogens is 198 g/mol. The molecule has 2 heteroatoms. The van der Waals surface area contributed by atoms with Gasteiger partial charge in [-0.2, -0.15) is 0 Å². The van der Waals surface area contributed by atoms with E-state index in [0.717, 1.165) is 18.6 Å². The number of ether oxygens (including phenoxy) is 1. The van der Waals surface area contributed by atoms with Gasteiger partial charge in [-0.05, 0) is 50.0 Å². The van der Waals surface area contributed by atoms with Crippen LogP contribution in [0, 0.1) is 0 Å². The van der Waals surface area contributed by atoms with E-state index in [2.05, 4.69) is 18.2 Å². The molecule has 1 aromatic rings. The first kappa shape index (κ1) is 11.2. The van der Waals surface area contributed by atoms with Crippen molar-refractivity contribution in [3.8, 4) is 5.75 Å². The van der Waals surface area contributed by atoms with Gasteiger partial charge in [-0.15, -0.1) is 0 Å². The highest BCUT2D eigenvalue weighted by Gasteiger charge is 2.13. The van der Waals surface area contributed by atoms with Crippen LogP contribution < -0.4 is 10.5 Å². The molecule has 0 saturated carbocycles. The fourth-order valence-corrected chi connectivity index (χ4v) is 2.03. The zero-order valence-electron chi connectivity index (χ0n) is 9.94. The highest BCUT2D eigenvalue weighted by atomic mass is 16.5. The zero-order valence-corrected chi connectivity index (χ0v) is 9.94. The summed E-state index contributed by atoms with van der Waals surface area (Å²) in [5.74, 6) is 0.939. The standard InChI is InChI=1S/C14H19NO/c1-10(2)16-14-5-3-4-11(9-14)12-6-7-13(15)8-12/h3-5,8-10,13H,6-7,15H2,1-2H3. The minimum Gasteiger partial charge on any atom is -0.491 e. The number of hydrogen-bond donors (Lipinski definition) is 1. The molecule has 16 heavy (non-hydrogen) atoms. The van der Waals surface area contributed by atoms with Crippen molar-refractivity contribution in [2.75, 3.05) is 0 Å². The second kappa shape index (κ2) is 4.71. The Morgan fingerprint density at radius 1 is 1.38 bits per heavy atom. The van der Waals surface area contributed by atoms with Crippen LogP contribution in [0.5, 0.6) is 5.75 Å². The van der Waals surface area contributed by atoms with Gasteiger partial charge in [-0.25, -0.2) is 0 Å². The highest BCUT2D eigenvalue weighted by Crippen LogP contribution is 2.29. The van der Waals surface area contributed by atoms with Crippen LogP contribution in [0.2, 0.25) is 0 Å². The van der Waals surface area contributed by atoms with Crippen LogP contribution >= 0.6 is 0 Å². The molecule has 2 nitrogen and oxygen atoms in total. The fraction of sp³-hybridized carbons (Fsp3) is 0.429. The van der Waals surface area contributed by atoms with Crippen LogP contribution in [-0.4, -0.2) is 12.1 Å². The molecule has 86 valence electrons. The van der Waals surface area contributed by atoms with Gasteiger partial charge in [-0.3, -0.25) is 0 Å². The molecule has 0 aliphatic heterocycles. The molecule has 1 aliphatic rings. The lowest BCUT2D eigenvalue weighted by Gasteiger charge is -2.11. The summed E-state index contributed by atoms with van der Waals surface area (Å²) in [6, 6.07) is 8.49. The van der Waals surface area contributed by atoms with Crippen LogP contribution in [0.3, 0.4) is 0 Å². The molecule has 0 aromatic heterocycles. The Hall–Kier alpha value is -1.28.